The molecule has 0 bridgehead atoms. The van der Waals surface area contributed by atoms with Crippen LogP contribution in [0.3, 0.4) is 0 Å². The lowest BCUT2D eigenvalue weighted by Crippen LogP contribution is -2.59. The average Bonchev–Trinajstić information content (AvgIpc) is 3.66. The molecule has 1 aromatic heterocycles. The summed E-state index contributed by atoms with van der Waals surface area (Å²) in [5.41, 5.74) is -5.95. The molecule has 2 aromatic rings. The van der Waals surface area contributed by atoms with E-state index in [0.29, 0.717) is 49.7 Å². The third-order valence-corrected chi connectivity index (χ3v) is 11.3. The number of hydrogen-bond donors (Lipinski definition) is 3. The van der Waals surface area contributed by atoms with Crippen molar-refractivity contribution in [3.8, 4) is 0 Å². The summed E-state index contributed by atoms with van der Waals surface area (Å²) >= 11 is 1.02. The first-order valence-corrected chi connectivity index (χ1v) is 18.0. The Hall–Kier alpha value is -2.44. The van der Waals surface area contributed by atoms with Gasteiger partial charge in [-0.2, -0.15) is 8.78 Å². The molecule has 10 nitrogen and oxygen atoms in total. The fourth-order valence-electron chi connectivity index (χ4n) is 6.69. The van der Waals surface area contributed by atoms with E-state index in [9.17, 15) is 27.7 Å². The lowest BCUT2D eigenvalue weighted by molar-refractivity contribution is -0.152. The number of alkyl halides is 2. The van der Waals surface area contributed by atoms with Gasteiger partial charge in [-0.05, 0) is 60.6 Å². The zero-order valence-corrected chi connectivity index (χ0v) is 27.5. The van der Waals surface area contributed by atoms with E-state index in [1.54, 1.807) is 4.90 Å². The van der Waals surface area contributed by atoms with Crippen molar-refractivity contribution >= 4 is 46.7 Å². The van der Waals surface area contributed by atoms with Gasteiger partial charge in [-0.15, -0.1) is 11.3 Å². The summed E-state index contributed by atoms with van der Waals surface area (Å²) in [4.78, 5) is 63.1. The molecular formula is C31H42F2N3O7PS. The molecule has 1 unspecified atom stereocenters. The number of morpholine rings is 1. The van der Waals surface area contributed by atoms with Crippen molar-refractivity contribution in [1.82, 2.24) is 15.1 Å². The van der Waals surface area contributed by atoms with Gasteiger partial charge < -0.3 is 29.6 Å². The quantitative estimate of drug-likeness (QED) is 0.350. The number of nitrogens with zero attached hydrogens (tertiary/aromatic N) is 2. The van der Waals surface area contributed by atoms with Gasteiger partial charge >= 0.3 is 13.3 Å². The highest BCUT2D eigenvalue weighted by molar-refractivity contribution is 7.52. The maximum atomic E-state index is 14.3. The number of nitrogens with one attached hydrogen (secondary N) is 1. The van der Waals surface area contributed by atoms with Crippen LogP contribution in [0, 0.1) is 11.3 Å². The summed E-state index contributed by atoms with van der Waals surface area (Å²) < 4.78 is 46.5. The topological polar surface area (TPSA) is 136 Å². The SMILES string of the molecule is CC(C)(C)[C@H](NC(=O)c1cc2cc(C(F)(F)P(=O)(O)O)ccc2s1)C(=O)N1CCC[C@H]1C(=O)N1CCOC(C2CCCCC2)C1. The molecule has 0 radical (unpaired) electrons. The van der Waals surface area contributed by atoms with E-state index in [-0.39, 0.29) is 28.2 Å². The Morgan fingerprint density at radius 3 is 2.42 bits per heavy atom. The van der Waals surface area contributed by atoms with E-state index in [0.717, 1.165) is 36.3 Å². The van der Waals surface area contributed by atoms with Crippen LogP contribution >= 0.6 is 18.9 Å². The monoisotopic (exact) mass is 669 g/mol. The van der Waals surface area contributed by atoms with Gasteiger partial charge in [0.05, 0.1) is 17.6 Å². The molecule has 0 spiro atoms. The van der Waals surface area contributed by atoms with E-state index in [1.807, 2.05) is 25.7 Å². The average molecular weight is 670 g/mol. The second kappa shape index (κ2) is 13.0. The van der Waals surface area contributed by atoms with Crippen molar-refractivity contribution in [2.24, 2.45) is 11.3 Å². The molecule has 2 saturated heterocycles. The summed E-state index contributed by atoms with van der Waals surface area (Å²) in [6.07, 6.45) is 7.02. The largest absolute Gasteiger partial charge is 0.399 e. The number of halogens is 2. The molecule has 3 N–H and O–H groups in total. The van der Waals surface area contributed by atoms with Crippen LogP contribution in [0.2, 0.25) is 0 Å². The van der Waals surface area contributed by atoms with Gasteiger partial charge in [0.1, 0.15) is 12.1 Å². The van der Waals surface area contributed by atoms with Crippen LogP contribution in [-0.4, -0.2) is 81.7 Å². The number of rotatable bonds is 7. The highest BCUT2D eigenvalue weighted by Gasteiger charge is 2.50. The first kappa shape index (κ1) is 33.9. The van der Waals surface area contributed by atoms with Crippen LogP contribution in [0.4, 0.5) is 8.78 Å². The molecule has 3 aliphatic rings. The minimum Gasteiger partial charge on any atom is -0.374 e. The molecule has 3 fully saturated rings. The molecule has 1 saturated carbocycles. The molecule has 3 atom stereocenters. The molecule has 1 aliphatic carbocycles. The number of fused-ring (bicyclic) bond motifs is 1. The number of amides is 3. The van der Waals surface area contributed by atoms with Crippen molar-refractivity contribution < 1.29 is 42.3 Å². The van der Waals surface area contributed by atoms with Gasteiger partial charge in [-0.1, -0.05) is 46.1 Å². The second-order valence-electron chi connectivity index (χ2n) is 13.5. The summed E-state index contributed by atoms with van der Waals surface area (Å²) in [6, 6.07) is 2.94. The normalized spacial score (nSPS) is 22.9. The second-order valence-corrected chi connectivity index (χ2v) is 16.2. The van der Waals surface area contributed by atoms with Gasteiger partial charge in [-0.3, -0.25) is 18.9 Å². The van der Waals surface area contributed by atoms with Crippen molar-refractivity contribution in [2.75, 3.05) is 26.2 Å². The summed E-state index contributed by atoms with van der Waals surface area (Å²) in [7, 11) is -5.76. The fourth-order valence-corrected chi connectivity index (χ4v) is 8.11. The number of ether oxygens (including phenoxy) is 1. The molecule has 45 heavy (non-hydrogen) atoms. The van der Waals surface area contributed by atoms with Gasteiger partial charge in [0, 0.05) is 29.9 Å². The predicted molar refractivity (Wildman–Crippen MR) is 166 cm³/mol. The number of carbonyl (C=O) groups is 3. The Balaban J connectivity index is 1.31. The Morgan fingerprint density at radius 1 is 1.04 bits per heavy atom. The van der Waals surface area contributed by atoms with E-state index in [1.165, 1.54) is 31.4 Å². The molecule has 3 amide bonds. The van der Waals surface area contributed by atoms with Gasteiger partial charge in [0.2, 0.25) is 11.8 Å². The minimum absolute atomic E-state index is 0.00979. The molecule has 3 heterocycles. The van der Waals surface area contributed by atoms with E-state index < -0.39 is 42.2 Å². The van der Waals surface area contributed by atoms with Crippen LogP contribution in [0.15, 0.2) is 24.3 Å². The maximum Gasteiger partial charge on any atom is 0.399 e. The van der Waals surface area contributed by atoms with E-state index >= 15 is 0 Å². The highest BCUT2D eigenvalue weighted by atomic mass is 32.1. The van der Waals surface area contributed by atoms with Gasteiger partial charge in [0.15, 0.2) is 0 Å². The zero-order valence-electron chi connectivity index (χ0n) is 25.8. The Labute approximate surface area is 265 Å². The Bertz CT molecular complexity index is 1480. The number of carbonyl (C=O) groups excluding carboxylic acids is 3. The summed E-state index contributed by atoms with van der Waals surface area (Å²) in [6.45, 7) is 7.33. The lowest BCUT2D eigenvalue weighted by atomic mass is 9.84. The Kier molecular flexibility index (Phi) is 9.79. The minimum atomic E-state index is -5.76. The lowest BCUT2D eigenvalue weighted by Gasteiger charge is -2.41. The van der Waals surface area contributed by atoms with Gasteiger partial charge in [-0.25, -0.2) is 0 Å². The molecule has 14 heteroatoms. The first-order chi connectivity index (χ1) is 21.1. The number of hydrogen-bond acceptors (Lipinski definition) is 6. The van der Waals surface area contributed by atoms with E-state index in [2.05, 4.69) is 5.32 Å². The maximum absolute atomic E-state index is 14.3. The molecule has 2 aliphatic heterocycles. The first-order valence-electron chi connectivity index (χ1n) is 15.6. The van der Waals surface area contributed by atoms with Gasteiger partial charge in [0.25, 0.3) is 5.91 Å². The van der Waals surface area contributed by atoms with Crippen molar-refractivity contribution in [2.45, 2.75) is 89.6 Å². The van der Waals surface area contributed by atoms with Crippen molar-refractivity contribution in [3.63, 3.8) is 0 Å². The standard InChI is InChI=1S/C31H42F2N3O7PS/c1-30(2,3)26(34-27(37)25-17-20-16-21(11-12-24(20)45-25)31(32,33)44(40,41)42)29(39)36-13-7-10-22(36)28(38)35-14-15-43-23(18-35)19-8-5-4-6-9-19/h11-12,16-17,19,22-23,26H,4-10,13-15,18H2,1-3H3,(H,34,37)(H2,40,41,42)/t22-,23?,26+/m0/s1. The Morgan fingerprint density at radius 2 is 1.76 bits per heavy atom. The van der Waals surface area contributed by atoms with Crippen molar-refractivity contribution in [1.29, 1.82) is 0 Å². The molecule has 1 aromatic carbocycles. The smallest absolute Gasteiger partial charge is 0.374 e. The molecule has 248 valence electrons. The number of likely N-dealkylation sites (tertiary alicyclic amines) is 1. The van der Waals surface area contributed by atoms with Crippen LogP contribution in [0.25, 0.3) is 10.1 Å². The third-order valence-electron chi connectivity index (χ3n) is 9.24. The van der Waals surface area contributed by atoms with Crippen LogP contribution in [-0.2, 0) is 24.6 Å². The van der Waals surface area contributed by atoms with Crippen LogP contribution in [0.5, 0.6) is 0 Å². The van der Waals surface area contributed by atoms with Crippen LogP contribution in [0.1, 0.15) is 81.0 Å². The molecular weight excluding hydrogens is 627 g/mol. The van der Waals surface area contributed by atoms with Crippen molar-refractivity contribution in [3.05, 3.63) is 34.7 Å². The van der Waals surface area contributed by atoms with Crippen LogP contribution < -0.4 is 5.32 Å². The fraction of sp³-hybridized carbons (Fsp3) is 0.645. The molecule has 5 rings (SSSR count). The highest BCUT2D eigenvalue weighted by Crippen LogP contribution is 2.59. The number of benzene rings is 1. The zero-order chi connectivity index (χ0) is 32.7. The third kappa shape index (κ3) is 7.12. The summed E-state index contributed by atoms with van der Waals surface area (Å²) in [5.74, 6) is -0.581. The summed E-state index contributed by atoms with van der Waals surface area (Å²) in [5, 5.41) is 3.05. The predicted octanol–water partition coefficient (Wildman–Crippen LogP) is 5.07. The van der Waals surface area contributed by atoms with E-state index in [4.69, 9.17) is 14.5 Å². The number of thiophene rings is 1.